The summed E-state index contributed by atoms with van der Waals surface area (Å²) in [5, 5.41) is 4.64. The van der Waals surface area contributed by atoms with Crippen molar-refractivity contribution in [2.75, 3.05) is 0 Å². The van der Waals surface area contributed by atoms with Gasteiger partial charge in [-0.05, 0) is 25.0 Å². The van der Waals surface area contributed by atoms with Gasteiger partial charge >= 0.3 is 6.18 Å². The first-order chi connectivity index (χ1) is 13.3. The Morgan fingerprint density at radius 1 is 1.32 bits per heavy atom. The van der Waals surface area contributed by atoms with E-state index in [4.69, 9.17) is 4.74 Å². The highest BCUT2D eigenvalue weighted by Gasteiger charge is 2.68. The predicted octanol–water partition coefficient (Wildman–Crippen LogP) is 4.30. The average molecular weight is 413 g/mol. The van der Waals surface area contributed by atoms with Crippen LogP contribution in [0.4, 0.5) is 17.6 Å². The number of rotatable bonds is 6. The summed E-state index contributed by atoms with van der Waals surface area (Å²) in [4.78, 5) is 19.0. The lowest BCUT2D eigenvalue weighted by molar-refractivity contribution is -0.192. The first-order valence-corrected chi connectivity index (χ1v) is 9.39. The molecule has 28 heavy (non-hydrogen) atoms. The molecule has 3 aromatic rings. The van der Waals surface area contributed by atoms with Crippen molar-refractivity contribution in [3.05, 3.63) is 46.3 Å². The molecule has 2 heterocycles. The minimum Gasteiger partial charge on any atom is -0.484 e. The number of ether oxygens (including phenoxy) is 1. The number of benzene rings is 1. The molecule has 2 N–H and O–H groups in total. The molecule has 148 valence electrons. The molecule has 1 amide bonds. The predicted molar refractivity (Wildman–Crippen MR) is 94.3 cm³/mol. The Labute approximate surface area is 160 Å². The van der Waals surface area contributed by atoms with E-state index in [1.807, 2.05) is 0 Å². The Kier molecular flexibility index (Phi) is 4.53. The normalized spacial score (nSPS) is 15.6. The van der Waals surface area contributed by atoms with Crippen LogP contribution < -0.4 is 10.1 Å². The third-order valence-electron chi connectivity index (χ3n) is 4.75. The van der Waals surface area contributed by atoms with Gasteiger partial charge in [0.1, 0.15) is 12.0 Å². The zero-order valence-electron chi connectivity index (χ0n) is 14.4. The summed E-state index contributed by atoms with van der Waals surface area (Å²) in [5.41, 5.74) is 1.09. The van der Waals surface area contributed by atoms with Crippen molar-refractivity contribution in [2.24, 2.45) is 5.41 Å². The zero-order valence-corrected chi connectivity index (χ0v) is 15.2. The highest BCUT2D eigenvalue weighted by atomic mass is 32.1. The highest BCUT2D eigenvalue weighted by Crippen LogP contribution is 2.57. The van der Waals surface area contributed by atoms with Crippen molar-refractivity contribution in [3.8, 4) is 5.75 Å². The first kappa shape index (κ1) is 18.7. The van der Waals surface area contributed by atoms with Crippen LogP contribution in [-0.2, 0) is 17.9 Å². The number of H-pyrrole nitrogens is 1. The van der Waals surface area contributed by atoms with E-state index in [9.17, 15) is 22.4 Å². The highest BCUT2D eigenvalue weighted by molar-refractivity contribution is 7.07. The number of halogens is 4. The number of nitrogens with one attached hydrogen (secondary N) is 2. The number of hydrogen-bond donors (Lipinski definition) is 2. The Hall–Kier alpha value is -2.62. The Morgan fingerprint density at radius 2 is 2.11 bits per heavy atom. The molecule has 4 rings (SSSR count). The van der Waals surface area contributed by atoms with Gasteiger partial charge in [-0.2, -0.15) is 13.2 Å². The van der Waals surface area contributed by atoms with Gasteiger partial charge in [0.25, 0.3) is 0 Å². The molecule has 1 aliphatic rings. The van der Waals surface area contributed by atoms with Gasteiger partial charge < -0.3 is 15.0 Å². The maximum atomic E-state index is 14.2. The van der Waals surface area contributed by atoms with E-state index in [0.29, 0.717) is 22.3 Å². The molecule has 0 radical (unpaired) electrons. The SMILES string of the molecule is O=C(NCc1cc2cc(F)c(OCc3cscn3)cc2[nH]1)C1(C(F)(F)F)CC1. The fraction of sp³-hybridized carbons (Fsp3) is 0.333. The fourth-order valence-electron chi connectivity index (χ4n) is 2.97. The van der Waals surface area contributed by atoms with Crippen LogP contribution in [0.25, 0.3) is 10.9 Å². The van der Waals surface area contributed by atoms with Crippen LogP contribution in [0.15, 0.2) is 29.1 Å². The van der Waals surface area contributed by atoms with E-state index in [2.05, 4.69) is 15.3 Å². The lowest BCUT2D eigenvalue weighted by Gasteiger charge is -2.18. The van der Waals surface area contributed by atoms with Gasteiger partial charge in [-0.25, -0.2) is 9.37 Å². The first-order valence-electron chi connectivity index (χ1n) is 8.44. The molecule has 10 heteroatoms. The minimum atomic E-state index is -4.55. The van der Waals surface area contributed by atoms with Crippen LogP contribution in [0.3, 0.4) is 0 Å². The van der Waals surface area contributed by atoms with Crippen LogP contribution in [0, 0.1) is 11.2 Å². The zero-order chi connectivity index (χ0) is 19.9. The lowest BCUT2D eigenvalue weighted by atomic mass is 10.1. The molecule has 1 aromatic carbocycles. The van der Waals surface area contributed by atoms with E-state index in [1.54, 1.807) is 17.0 Å². The molecular formula is C18H15F4N3O2S. The summed E-state index contributed by atoms with van der Waals surface area (Å²) in [7, 11) is 0. The Morgan fingerprint density at radius 3 is 2.75 bits per heavy atom. The molecule has 0 spiro atoms. The van der Waals surface area contributed by atoms with E-state index in [0.717, 1.165) is 0 Å². The molecule has 0 saturated heterocycles. The van der Waals surface area contributed by atoms with Crippen molar-refractivity contribution in [2.45, 2.75) is 32.2 Å². The second-order valence-corrected chi connectivity index (χ2v) is 7.41. The number of amides is 1. The molecule has 1 saturated carbocycles. The number of fused-ring (bicyclic) bond motifs is 1. The summed E-state index contributed by atoms with van der Waals surface area (Å²) < 4.78 is 58.6. The number of aromatic nitrogens is 2. The number of nitrogens with zero attached hydrogens (tertiary/aromatic N) is 1. The second kappa shape index (κ2) is 6.77. The summed E-state index contributed by atoms with van der Waals surface area (Å²) in [6.07, 6.45) is -4.94. The van der Waals surface area contributed by atoms with Gasteiger partial charge in [0.2, 0.25) is 5.91 Å². The van der Waals surface area contributed by atoms with Gasteiger partial charge in [0, 0.05) is 28.0 Å². The molecule has 2 aromatic heterocycles. The maximum Gasteiger partial charge on any atom is 0.403 e. The molecule has 0 atom stereocenters. The monoisotopic (exact) mass is 413 g/mol. The molecule has 1 fully saturated rings. The van der Waals surface area contributed by atoms with Crippen molar-refractivity contribution < 1.29 is 27.1 Å². The van der Waals surface area contributed by atoms with Crippen molar-refractivity contribution in [1.29, 1.82) is 0 Å². The minimum absolute atomic E-state index is 0.0342. The number of hydrogen-bond acceptors (Lipinski definition) is 4. The smallest absolute Gasteiger partial charge is 0.403 e. The molecule has 0 bridgehead atoms. The van der Waals surface area contributed by atoms with Crippen molar-refractivity contribution in [3.63, 3.8) is 0 Å². The third kappa shape index (κ3) is 3.44. The summed E-state index contributed by atoms with van der Waals surface area (Å²) in [6.45, 7) is 0.0110. The molecule has 0 unspecified atom stereocenters. The van der Waals surface area contributed by atoms with Gasteiger partial charge in [-0.1, -0.05) is 0 Å². The van der Waals surface area contributed by atoms with Crippen LogP contribution in [0.5, 0.6) is 5.75 Å². The summed E-state index contributed by atoms with van der Waals surface area (Å²) in [5.74, 6) is -1.56. The molecular weight excluding hydrogens is 398 g/mol. The van der Waals surface area contributed by atoms with Gasteiger partial charge in [-0.3, -0.25) is 4.79 Å². The second-order valence-electron chi connectivity index (χ2n) is 6.70. The third-order valence-corrected chi connectivity index (χ3v) is 5.39. The molecule has 5 nitrogen and oxygen atoms in total. The van der Waals surface area contributed by atoms with Crippen molar-refractivity contribution >= 4 is 28.1 Å². The standard InChI is InChI=1S/C18H15F4N3O2S/c19-13-4-10-3-11(6-23-16(26)17(1-2-17)18(20,21)22)25-14(10)5-15(13)27-7-12-8-28-9-24-12/h3-5,8-9,25H,1-2,6-7H2,(H,23,26). The molecule has 1 aliphatic carbocycles. The van der Waals surface area contributed by atoms with Gasteiger partial charge in [0.15, 0.2) is 11.6 Å². The van der Waals surface area contributed by atoms with Gasteiger partial charge in [0.05, 0.1) is 17.7 Å². The van der Waals surface area contributed by atoms with E-state index < -0.39 is 23.3 Å². The van der Waals surface area contributed by atoms with E-state index in [-0.39, 0.29) is 31.7 Å². The fourth-order valence-corrected chi connectivity index (χ4v) is 3.51. The number of thiazole rings is 1. The van der Waals surface area contributed by atoms with Crippen LogP contribution in [0.2, 0.25) is 0 Å². The quantitative estimate of drug-likeness (QED) is 0.592. The average Bonchev–Trinajstić information content (AvgIpc) is 3.14. The van der Waals surface area contributed by atoms with Crippen LogP contribution in [-0.4, -0.2) is 22.1 Å². The van der Waals surface area contributed by atoms with Crippen LogP contribution in [0.1, 0.15) is 24.2 Å². The van der Waals surface area contributed by atoms with Crippen LogP contribution >= 0.6 is 11.3 Å². The van der Waals surface area contributed by atoms with Gasteiger partial charge in [-0.15, -0.1) is 11.3 Å². The van der Waals surface area contributed by atoms with E-state index in [1.165, 1.54) is 23.5 Å². The number of carbonyl (C=O) groups excluding carboxylic acids is 1. The molecule has 0 aliphatic heterocycles. The Bertz CT molecular complexity index is 1010. The van der Waals surface area contributed by atoms with E-state index >= 15 is 0 Å². The number of carbonyl (C=O) groups is 1. The number of alkyl halides is 3. The summed E-state index contributed by atoms with van der Waals surface area (Å²) >= 11 is 1.40. The lowest BCUT2D eigenvalue weighted by Crippen LogP contribution is -2.40. The summed E-state index contributed by atoms with van der Waals surface area (Å²) in [6, 6.07) is 4.32. The largest absolute Gasteiger partial charge is 0.484 e. The topological polar surface area (TPSA) is 67.0 Å². The number of aromatic amines is 1. The maximum absolute atomic E-state index is 14.2. The Balaban J connectivity index is 1.45. The van der Waals surface area contributed by atoms with Crippen molar-refractivity contribution in [1.82, 2.24) is 15.3 Å².